The van der Waals surface area contributed by atoms with Crippen LogP contribution in [0.25, 0.3) is 0 Å². The van der Waals surface area contributed by atoms with E-state index in [1.54, 1.807) is 11.3 Å². The SMILES string of the molecule is CCc1ccc(C(=O)N[C@H]2CC[C@H](N)CC2)s1. The monoisotopic (exact) mass is 252 g/mol. The fourth-order valence-corrected chi connectivity index (χ4v) is 3.06. The van der Waals surface area contributed by atoms with Crippen LogP contribution in [0.15, 0.2) is 12.1 Å². The average molecular weight is 252 g/mol. The number of thiophene rings is 1. The van der Waals surface area contributed by atoms with Crippen LogP contribution in [0.1, 0.15) is 47.2 Å². The second-order valence-corrected chi connectivity index (χ2v) is 5.87. The lowest BCUT2D eigenvalue weighted by molar-refractivity contribution is 0.0930. The van der Waals surface area contributed by atoms with E-state index < -0.39 is 0 Å². The molecular weight excluding hydrogens is 232 g/mol. The number of nitrogens with one attached hydrogen (secondary N) is 1. The number of aryl methyl sites for hydroxylation is 1. The van der Waals surface area contributed by atoms with Gasteiger partial charge in [-0.1, -0.05) is 6.92 Å². The molecule has 3 N–H and O–H groups in total. The van der Waals surface area contributed by atoms with Crippen molar-refractivity contribution in [2.24, 2.45) is 5.73 Å². The molecule has 0 saturated heterocycles. The third-order valence-electron chi connectivity index (χ3n) is 3.34. The maximum Gasteiger partial charge on any atom is 0.261 e. The highest BCUT2D eigenvalue weighted by atomic mass is 32.1. The Kier molecular flexibility index (Phi) is 4.18. The van der Waals surface area contributed by atoms with E-state index in [9.17, 15) is 4.79 Å². The maximum atomic E-state index is 12.0. The molecule has 94 valence electrons. The molecule has 0 aromatic carbocycles. The first-order valence-corrected chi connectivity index (χ1v) is 7.16. The molecule has 2 rings (SSSR count). The molecule has 0 spiro atoms. The van der Waals surface area contributed by atoms with Gasteiger partial charge in [0.15, 0.2) is 0 Å². The van der Waals surface area contributed by atoms with Crippen LogP contribution in [0.3, 0.4) is 0 Å². The Bertz CT molecular complexity index is 381. The van der Waals surface area contributed by atoms with Gasteiger partial charge >= 0.3 is 0 Å². The highest BCUT2D eigenvalue weighted by Crippen LogP contribution is 2.20. The Labute approximate surface area is 106 Å². The normalized spacial score (nSPS) is 24.6. The summed E-state index contributed by atoms with van der Waals surface area (Å²) in [6.07, 6.45) is 5.07. The van der Waals surface area contributed by atoms with E-state index in [1.807, 2.05) is 12.1 Å². The lowest BCUT2D eigenvalue weighted by Crippen LogP contribution is -2.40. The van der Waals surface area contributed by atoms with Crippen LogP contribution in [-0.4, -0.2) is 18.0 Å². The van der Waals surface area contributed by atoms with Crippen molar-refractivity contribution in [3.05, 3.63) is 21.9 Å². The molecular formula is C13H20N2OS. The number of carbonyl (C=O) groups is 1. The Hall–Kier alpha value is -0.870. The fourth-order valence-electron chi connectivity index (χ4n) is 2.21. The summed E-state index contributed by atoms with van der Waals surface area (Å²) in [5, 5.41) is 3.11. The van der Waals surface area contributed by atoms with Crippen LogP contribution in [0, 0.1) is 0 Å². The van der Waals surface area contributed by atoms with E-state index in [-0.39, 0.29) is 5.91 Å². The Balaban J connectivity index is 1.88. The lowest BCUT2D eigenvalue weighted by atomic mass is 9.92. The highest BCUT2D eigenvalue weighted by molar-refractivity contribution is 7.14. The van der Waals surface area contributed by atoms with Crippen molar-refractivity contribution in [1.82, 2.24) is 5.32 Å². The first kappa shape index (κ1) is 12.6. The molecule has 1 heterocycles. The van der Waals surface area contributed by atoms with Gasteiger partial charge < -0.3 is 11.1 Å². The highest BCUT2D eigenvalue weighted by Gasteiger charge is 2.20. The molecule has 0 aliphatic heterocycles. The Morgan fingerprint density at radius 2 is 2.12 bits per heavy atom. The molecule has 3 nitrogen and oxygen atoms in total. The van der Waals surface area contributed by atoms with Gasteiger partial charge in [0.25, 0.3) is 5.91 Å². The van der Waals surface area contributed by atoms with Crippen LogP contribution in [-0.2, 0) is 6.42 Å². The summed E-state index contributed by atoms with van der Waals surface area (Å²) in [5.74, 6) is 0.0789. The molecule has 1 aromatic rings. The zero-order valence-electron chi connectivity index (χ0n) is 10.2. The van der Waals surface area contributed by atoms with Gasteiger partial charge in [-0.05, 0) is 44.2 Å². The number of hydrogen-bond donors (Lipinski definition) is 2. The van der Waals surface area contributed by atoms with Gasteiger partial charge in [-0.15, -0.1) is 11.3 Å². The van der Waals surface area contributed by atoms with Gasteiger partial charge in [0.1, 0.15) is 0 Å². The predicted molar refractivity (Wildman–Crippen MR) is 71.4 cm³/mol. The number of carbonyl (C=O) groups excluding carboxylic acids is 1. The van der Waals surface area contributed by atoms with E-state index in [2.05, 4.69) is 12.2 Å². The first-order valence-electron chi connectivity index (χ1n) is 6.34. The second kappa shape index (κ2) is 5.65. The zero-order valence-corrected chi connectivity index (χ0v) is 11.1. The summed E-state index contributed by atoms with van der Waals surface area (Å²) in [6.45, 7) is 2.11. The standard InChI is InChI=1S/C13H20N2OS/c1-2-11-7-8-12(17-11)13(16)15-10-5-3-9(14)4-6-10/h7-10H,2-6,14H2,1H3,(H,15,16)/t9-,10-. The minimum atomic E-state index is 0.0789. The van der Waals surface area contributed by atoms with Crippen LogP contribution >= 0.6 is 11.3 Å². The Morgan fingerprint density at radius 3 is 2.71 bits per heavy atom. The quantitative estimate of drug-likeness (QED) is 0.867. The third-order valence-corrected chi connectivity index (χ3v) is 4.57. The fraction of sp³-hybridized carbons (Fsp3) is 0.615. The molecule has 0 radical (unpaired) electrons. The van der Waals surface area contributed by atoms with Crippen molar-refractivity contribution in [1.29, 1.82) is 0 Å². The maximum absolute atomic E-state index is 12.0. The summed E-state index contributed by atoms with van der Waals surface area (Å²) in [4.78, 5) is 14.1. The minimum absolute atomic E-state index is 0.0789. The van der Waals surface area contributed by atoms with Crippen LogP contribution < -0.4 is 11.1 Å². The Morgan fingerprint density at radius 1 is 1.41 bits per heavy atom. The molecule has 1 fully saturated rings. The molecule has 17 heavy (non-hydrogen) atoms. The van der Waals surface area contributed by atoms with E-state index in [0.29, 0.717) is 12.1 Å². The minimum Gasteiger partial charge on any atom is -0.349 e. The van der Waals surface area contributed by atoms with Gasteiger partial charge in [-0.25, -0.2) is 0 Å². The van der Waals surface area contributed by atoms with Crippen molar-refractivity contribution in [2.75, 3.05) is 0 Å². The summed E-state index contributed by atoms with van der Waals surface area (Å²) < 4.78 is 0. The number of amides is 1. The molecule has 1 aromatic heterocycles. The lowest BCUT2D eigenvalue weighted by Gasteiger charge is -2.26. The van der Waals surface area contributed by atoms with Gasteiger partial charge in [0.2, 0.25) is 0 Å². The van der Waals surface area contributed by atoms with Crippen LogP contribution in [0.5, 0.6) is 0 Å². The van der Waals surface area contributed by atoms with Gasteiger partial charge in [0.05, 0.1) is 4.88 Å². The van der Waals surface area contributed by atoms with Crippen molar-refractivity contribution in [3.8, 4) is 0 Å². The van der Waals surface area contributed by atoms with Crippen molar-refractivity contribution >= 4 is 17.2 Å². The molecule has 0 bridgehead atoms. The number of rotatable bonds is 3. The van der Waals surface area contributed by atoms with E-state index in [1.165, 1.54) is 4.88 Å². The molecule has 1 aliphatic carbocycles. The second-order valence-electron chi connectivity index (χ2n) is 4.70. The molecule has 1 aliphatic rings. The van der Waals surface area contributed by atoms with E-state index >= 15 is 0 Å². The van der Waals surface area contributed by atoms with Gasteiger partial charge in [-0.3, -0.25) is 4.79 Å². The van der Waals surface area contributed by atoms with Gasteiger partial charge in [0, 0.05) is 17.0 Å². The van der Waals surface area contributed by atoms with Crippen LogP contribution in [0.4, 0.5) is 0 Å². The number of hydrogen-bond acceptors (Lipinski definition) is 3. The van der Waals surface area contributed by atoms with E-state index in [0.717, 1.165) is 37.0 Å². The van der Waals surface area contributed by atoms with Crippen molar-refractivity contribution < 1.29 is 4.79 Å². The summed E-state index contributed by atoms with van der Waals surface area (Å²) >= 11 is 1.59. The zero-order chi connectivity index (χ0) is 12.3. The van der Waals surface area contributed by atoms with Gasteiger partial charge in [-0.2, -0.15) is 0 Å². The number of nitrogens with two attached hydrogens (primary N) is 1. The largest absolute Gasteiger partial charge is 0.349 e. The summed E-state index contributed by atoms with van der Waals surface area (Å²) in [7, 11) is 0. The molecule has 0 atom stereocenters. The first-order chi connectivity index (χ1) is 8.19. The van der Waals surface area contributed by atoms with Crippen molar-refractivity contribution in [3.63, 3.8) is 0 Å². The third kappa shape index (κ3) is 3.30. The summed E-state index contributed by atoms with van der Waals surface area (Å²) in [6, 6.07) is 4.61. The molecule has 0 unspecified atom stereocenters. The molecule has 1 saturated carbocycles. The molecule has 4 heteroatoms. The summed E-state index contributed by atoms with van der Waals surface area (Å²) in [5.41, 5.74) is 5.85. The van der Waals surface area contributed by atoms with E-state index in [4.69, 9.17) is 5.73 Å². The van der Waals surface area contributed by atoms with Crippen molar-refractivity contribution in [2.45, 2.75) is 51.1 Å². The predicted octanol–water partition coefficient (Wildman–Crippen LogP) is 2.31. The average Bonchev–Trinajstić information content (AvgIpc) is 2.81. The molecule has 1 amide bonds. The topological polar surface area (TPSA) is 55.1 Å². The van der Waals surface area contributed by atoms with Crippen LogP contribution in [0.2, 0.25) is 0 Å². The smallest absolute Gasteiger partial charge is 0.261 e.